The second kappa shape index (κ2) is 3.80. The molecule has 15 heavy (non-hydrogen) atoms. The summed E-state index contributed by atoms with van der Waals surface area (Å²) in [6.07, 6.45) is 4.65. The first kappa shape index (κ1) is 9.14. The maximum absolute atomic E-state index is 5.46. The molecule has 6 heteroatoms. The molecule has 1 fully saturated rings. The molecule has 0 saturated carbocycles. The van der Waals surface area contributed by atoms with Crippen molar-refractivity contribution in [3.05, 3.63) is 29.0 Å². The summed E-state index contributed by atoms with van der Waals surface area (Å²) in [6.45, 7) is 1.25. The summed E-state index contributed by atoms with van der Waals surface area (Å²) in [7, 11) is 0. The van der Waals surface area contributed by atoms with E-state index in [1.165, 1.54) is 0 Å². The standard InChI is InChI=1S/C9H10N2O3S/c1-6-15-7(10-1)8-11(2-3-12-8)9-13-4-5-14-9/h1-3,6,8-9H,4-5H2. The van der Waals surface area contributed by atoms with Crippen LogP contribution in [0.2, 0.25) is 0 Å². The van der Waals surface area contributed by atoms with Gasteiger partial charge < -0.3 is 14.2 Å². The van der Waals surface area contributed by atoms with E-state index >= 15 is 0 Å². The molecule has 1 atom stereocenters. The first-order chi connectivity index (χ1) is 7.45. The Morgan fingerprint density at radius 2 is 2.27 bits per heavy atom. The minimum atomic E-state index is -0.349. The van der Waals surface area contributed by atoms with Crippen LogP contribution in [0.3, 0.4) is 0 Å². The van der Waals surface area contributed by atoms with Gasteiger partial charge in [-0.25, -0.2) is 4.98 Å². The maximum atomic E-state index is 5.46. The number of hydrogen-bond donors (Lipinski definition) is 0. The Balaban J connectivity index is 1.79. The Morgan fingerprint density at radius 1 is 1.40 bits per heavy atom. The van der Waals surface area contributed by atoms with Gasteiger partial charge in [-0.3, -0.25) is 4.90 Å². The van der Waals surface area contributed by atoms with Crippen LogP contribution >= 0.6 is 11.3 Å². The molecule has 3 rings (SSSR count). The van der Waals surface area contributed by atoms with E-state index in [4.69, 9.17) is 14.2 Å². The second-order valence-corrected chi connectivity index (χ2v) is 4.07. The van der Waals surface area contributed by atoms with Crippen molar-refractivity contribution in [3.63, 3.8) is 0 Å². The van der Waals surface area contributed by atoms with Gasteiger partial charge in [-0.15, -0.1) is 11.3 Å². The first-order valence-corrected chi connectivity index (χ1v) is 5.55. The average Bonchev–Trinajstić information content (AvgIpc) is 3.01. The van der Waals surface area contributed by atoms with Crippen LogP contribution in [0.25, 0.3) is 0 Å². The molecular weight excluding hydrogens is 216 g/mol. The highest BCUT2D eigenvalue weighted by Crippen LogP contribution is 2.32. The Morgan fingerprint density at radius 3 is 3.00 bits per heavy atom. The molecule has 1 saturated heterocycles. The van der Waals surface area contributed by atoms with Crippen molar-refractivity contribution in [1.29, 1.82) is 0 Å². The lowest BCUT2D eigenvalue weighted by atomic mass is 10.5. The van der Waals surface area contributed by atoms with Crippen molar-refractivity contribution >= 4 is 11.3 Å². The molecule has 0 bridgehead atoms. The van der Waals surface area contributed by atoms with Gasteiger partial charge in [-0.05, 0) is 0 Å². The van der Waals surface area contributed by atoms with E-state index in [-0.39, 0.29) is 12.6 Å². The lowest BCUT2D eigenvalue weighted by molar-refractivity contribution is -0.171. The molecule has 0 spiro atoms. The Hall–Kier alpha value is -1.11. The van der Waals surface area contributed by atoms with Crippen LogP contribution < -0.4 is 0 Å². The van der Waals surface area contributed by atoms with E-state index in [1.54, 1.807) is 23.8 Å². The van der Waals surface area contributed by atoms with Crippen LogP contribution in [0.1, 0.15) is 11.2 Å². The molecule has 0 aliphatic carbocycles. The molecule has 1 unspecified atom stereocenters. The zero-order valence-electron chi connectivity index (χ0n) is 7.91. The normalized spacial score (nSPS) is 26.1. The predicted molar refractivity (Wildman–Crippen MR) is 52.6 cm³/mol. The van der Waals surface area contributed by atoms with Crippen molar-refractivity contribution in [2.24, 2.45) is 0 Å². The summed E-state index contributed by atoms with van der Waals surface area (Å²) in [4.78, 5) is 6.10. The summed E-state index contributed by atoms with van der Waals surface area (Å²) >= 11 is 1.55. The van der Waals surface area contributed by atoms with Gasteiger partial charge in [-0.2, -0.15) is 0 Å². The Bertz CT molecular complexity index is 348. The van der Waals surface area contributed by atoms with Gasteiger partial charge in [0.15, 0.2) is 5.01 Å². The van der Waals surface area contributed by atoms with Crippen LogP contribution in [0.15, 0.2) is 24.0 Å². The van der Waals surface area contributed by atoms with Gasteiger partial charge in [-0.1, -0.05) is 0 Å². The zero-order valence-corrected chi connectivity index (χ0v) is 8.72. The quantitative estimate of drug-likeness (QED) is 0.760. The monoisotopic (exact) mass is 226 g/mol. The minimum Gasteiger partial charge on any atom is -0.470 e. The van der Waals surface area contributed by atoms with E-state index in [1.807, 2.05) is 16.5 Å². The van der Waals surface area contributed by atoms with Crippen molar-refractivity contribution in [2.45, 2.75) is 12.6 Å². The van der Waals surface area contributed by atoms with E-state index in [0.29, 0.717) is 13.2 Å². The van der Waals surface area contributed by atoms with E-state index in [0.717, 1.165) is 5.01 Å². The lowest BCUT2D eigenvalue weighted by Crippen LogP contribution is -2.32. The highest BCUT2D eigenvalue weighted by Gasteiger charge is 2.34. The average molecular weight is 226 g/mol. The summed E-state index contributed by atoms with van der Waals surface area (Å²) in [6, 6.07) is 0. The van der Waals surface area contributed by atoms with Gasteiger partial charge in [0, 0.05) is 17.8 Å². The van der Waals surface area contributed by atoms with Crippen molar-refractivity contribution in [3.8, 4) is 0 Å². The molecule has 0 radical (unpaired) electrons. The summed E-state index contributed by atoms with van der Waals surface area (Å²) < 4.78 is 16.3. The first-order valence-electron chi connectivity index (χ1n) is 4.67. The minimum absolute atomic E-state index is 0.215. The van der Waals surface area contributed by atoms with Crippen LogP contribution in [0.4, 0.5) is 0 Å². The number of rotatable bonds is 2. The van der Waals surface area contributed by atoms with Crippen molar-refractivity contribution < 1.29 is 14.2 Å². The van der Waals surface area contributed by atoms with Crippen LogP contribution in [-0.2, 0) is 14.2 Å². The molecule has 5 nitrogen and oxygen atoms in total. The molecule has 2 aliphatic heterocycles. The third-order valence-electron chi connectivity index (χ3n) is 2.22. The van der Waals surface area contributed by atoms with Crippen LogP contribution in [0, 0.1) is 0 Å². The highest BCUT2D eigenvalue weighted by molar-refractivity contribution is 7.09. The SMILES string of the molecule is C1=CN(C2OCCO2)C(c2nccs2)O1. The van der Waals surface area contributed by atoms with Crippen LogP contribution in [-0.4, -0.2) is 29.5 Å². The highest BCUT2D eigenvalue weighted by atomic mass is 32.1. The molecular formula is C9H10N2O3S. The summed E-state index contributed by atoms with van der Waals surface area (Å²) in [5.74, 6) is 0. The molecule has 0 N–H and O–H groups in total. The third-order valence-corrected chi connectivity index (χ3v) is 3.03. The predicted octanol–water partition coefficient (Wildman–Crippen LogP) is 1.28. The fraction of sp³-hybridized carbons (Fsp3) is 0.444. The van der Waals surface area contributed by atoms with Crippen LogP contribution in [0.5, 0.6) is 0 Å². The number of nitrogens with zero attached hydrogens (tertiary/aromatic N) is 2. The molecule has 1 aromatic rings. The van der Waals surface area contributed by atoms with E-state index in [9.17, 15) is 0 Å². The Kier molecular flexibility index (Phi) is 2.32. The largest absolute Gasteiger partial charge is 0.470 e. The molecule has 0 aromatic carbocycles. The number of thiazole rings is 1. The van der Waals surface area contributed by atoms with Gasteiger partial charge in [0.25, 0.3) is 0 Å². The number of ether oxygens (including phenoxy) is 3. The Labute approximate surface area is 90.9 Å². The van der Waals surface area contributed by atoms with E-state index in [2.05, 4.69) is 4.98 Å². The van der Waals surface area contributed by atoms with Crippen molar-refractivity contribution in [2.75, 3.05) is 13.2 Å². The number of hydrogen-bond acceptors (Lipinski definition) is 6. The van der Waals surface area contributed by atoms with Gasteiger partial charge in [0.05, 0.1) is 13.2 Å². The zero-order chi connectivity index (χ0) is 10.1. The summed E-state index contributed by atoms with van der Waals surface area (Å²) in [5, 5.41) is 2.82. The maximum Gasteiger partial charge on any atom is 0.243 e. The van der Waals surface area contributed by atoms with E-state index < -0.39 is 0 Å². The molecule has 0 amide bonds. The third kappa shape index (κ3) is 1.60. The fourth-order valence-electron chi connectivity index (χ4n) is 1.57. The topological polar surface area (TPSA) is 43.8 Å². The number of aromatic nitrogens is 1. The van der Waals surface area contributed by atoms with Gasteiger partial charge in [0.2, 0.25) is 12.6 Å². The second-order valence-electron chi connectivity index (χ2n) is 3.14. The van der Waals surface area contributed by atoms with Gasteiger partial charge >= 0.3 is 0 Å². The molecule has 1 aromatic heterocycles. The fourth-order valence-corrected chi connectivity index (χ4v) is 2.25. The lowest BCUT2D eigenvalue weighted by Gasteiger charge is -2.26. The molecule has 3 heterocycles. The summed E-state index contributed by atoms with van der Waals surface area (Å²) in [5.41, 5.74) is 0. The smallest absolute Gasteiger partial charge is 0.243 e. The molecule has 2 aliphatic rings. The molecule has 80 valence electrons. The van der Waals surface area contributed by atoms with Gasteiger partial charge in [0.1, 0.15) is 6.26 Å². The van der Waals surface area contributed by atoms with Crippen molar-refractivity contribution in [1.82, 2.24) is 9.88 Å².